The van der Waals surface area contributed by atoms with E-state index in [0.29, 0.717) is 11.3 Å². The number of carbonyl (C=O) groups excluding carboxylic acids is 1. The van der Waals surface area contributed by atoms with Gasteiger partial charge in [0.2, 0.25) is 15.9 Å². The van der Waals surface area contributed by atoms with E-state index in [1.54, 1.807) is 42.5 Å². The van der Waals surface area contributed by atoms with Gasteiger partial charge in [0.05, 0.1) is 34.3 Å². The molecule has 1 atom stereocenters. The van der Waals surface area contributed by atoms with Crippen LogP contribution < -0.4 is 10.1 Å². The molecule has 3 rings (SSSR count). The fourth-order valence-corrected chi connectivity index (χ4v) is 4.91. The Hall–Kier alpha value is -3.08. The van der Waals surface area contributed by atoms with Crippen LogP contribution in [-0.2, 0) is 21.0 Å². The van der Waals surface area contributed by atoms with Crippen LogP contribution in [0.4, 0.5) is 18.9 Å². The number of alkyl halides is 3. The maximum absolute atomic E-state index is 13.2. The highest BCUT2D eigenvalue weighted by Gasteiger charge is 2.33. The minimum atomic E-state index is -4.63. The van der Waals surface area contributed by atoms with Gasteiger partial charge in [-0.2, -0.15) is 17.5 Å². The summed E-state index contributed by atoms with van der Waals surface area (Å²) in [5.74, 6) is -0.191. The Kier molecular flexibility index (Phi) is 8.09. The van der Waals surface area contributed by atoms with Gasteiger partial charge in [0.25, 0.3) is 0 Å². The number of nitrogens with zero attached hydrogens (tertiary/aromatic N) is 1. The van der Waals surface area contributed by atoms with Crippen molar-refractivity contribution in [1.29, 1.82) is 0 Å². The topological polar surface area (TPSA) is 75.7 Å². The number of halogens is 4. The third-order valence-electron chi connectivity index (χ3n) is 5.31. The lowest BCUT2D eigenvalue weighted by molar-refractivity contribution is -0.137. The first-order valence-corrected chi connectivity index (χ1v) is 12.1. The second-order valence-electron chi connectivity index (χ2n) is 7.57. The number of carbonyl (C=O) groups is 1. The smallest absolute Gasteiger partial charge is 0.416 e. The van der Waals surface area contributed by atoms with Gasteiger partial charge in [-0.15, -0.1) is 0 Å². The summed E-state index contributed by atoms with van der Waals surface area (Å²) in [5, 5.41) is 2.29. The predicted molar refractivity (Wildman–Crippen MR) is 127 cm³/mol. The van der Waals surface area contributed by atoms with Crippen molar-refractivity contribution in [3.05, 3.63) is 88.9 Å². The monoisotopic (exact) mass is 526 g/mol. The van der Waals surface area contributed by atoms with Gasteiger partial charge < -0.3 is 10.1 Å². The van der Waals surface area contributed by atoms with E-state index in [2.05, 4.69) is 5.32 Å². The van der Waals surface area contributed by atoms with Crippen molar-refractivity contribution < 1.29 is 31.1 Å². The fraction of sp³-hybridized carbons (Fsp3) is 0.208. The Morgan fingerprint density at radius 3 is 2.26 bits per heavy atom. The van der Waals surface area contributed by atoms with Crippen LogP contribution in [0, 0.1) is 0 Å². The molecule has 11 heteroatoms. The molecule has 3 aromatic carbocycles. The summed E-state index contributed by atoms with van der Waals surface area (Å²) in [4.78, 5) is 12.9. The molecule has 0 unspecified atom stereocenters. The van der Waals surface area contributed by atoms with Crippen molar-refractivity contribution in [1.82, 2.24) is 4.31 Å². The quantitative estimate of drug-likeness (QED) is 0.405. The van der Waals surface area contributed by atoms with Crippen LogP contribution in [-0.4, -0.2) is 32.8 Å². The molecule has 0 aromatic heterocycles. The van der Waals surface area contributed by atoms with Gasteiger partial charge in [0, 0.05) is 13.5 Å². The lowest BCUT2D eigenvalue weighted by Crippen LogP contribution is -2.34. The summed E-state index contributed by atoms with van der Waals surface area (Å²) < 4.78 is 71.9. The van der Waals surface area contributed by atoms with Gasteiger partial charge in [-0.05, 0) is 48.0 Å². The number of sulfonamides is 1. The second-order valence-corrected chi connectivity index (χ2v) is 9.97. The van der Waals surface area contributed by atoms with Crippen molar-refractivity contribution >= 4 is 33.2 Å². The lowest BCUT2D eigenvalue weighted by atomic mass is 10.0. The zero-order chi connectivity index (χ0) is 25.8. The van der Waals surface area contributed by atoms with Gasteiger partial charge in [-0.3, -0.25) is 4.79 Å². The fourth-order valence-electron chi connectivity index (χ4n) is 3.38. The highest BCUT2D eigenvalue weighted by atomic mass is 35.5. The molecule has 0 aliphatic heterocycles. The van der Waals surface area contributed by atoms with E-state index in [1.807, 2.05) is 0 Å². The SMILES string of the molecule is COc1ccc([C@H](CC(=O)Nc2cc(C(F)(F)F)ccc2Cl)N(C)S(=O)(=O)c2ccccc2)cc1. The number of nitrogens with one attached hydrogen (secondary N) is 1. The van der Waals surface area contributed by atoms with E-state index < -0.39 is 33.7 Å². The van der Waals surface area contributed by atoms with Crippen LogP contribution in [0.15, 0.2) is 77.7 Å². The number of hydrogen-bond donors (Lipinski definition) is 1. The van der Waals surface area contributed by atoms with Crippen molar-refractivity contribution in [2.45, 2.75) is 23.5 Å². The first-order chi connectivity index (χ1) is 16.4. The zero-order valence-electron chi connectivity index (χ0n) is 18.7. The highest BCUT2D eigenvalue weighted by Crippen LogP contribution is 2.35. The van der Waals surface area contributed by atoms with Gasteiger partial charge in [0.1, 0.15) is 5.75 Å². The van der Waals surface area contributed by atoms with Crippen LogP contribution in [0.25, 0.3) is 0 Å². The van der Waals surface area contributed by atoms with E-state index in [9.17, 15) is 26.4 Å². The van der Waals surface area contributed by atoms with Crippen molar-refractivity contribution in [2.24, 2.45) is 0 Å². The van der Waals surface area contributed by atoms with Crippen LogP contribution in [0.1, 0.15) is 23.6 Å². The van der Waals surface area contributed by atoms with Gasteiger partial charge in [-0.25, -0.2) is 8.42 Å². The number of amides is 1. The average molecular weight is 527 g/mol. The maximum atomic E-state index is 13.2. The summed E-state index contributed by atoms with van der Waals surface area (Å²) in [5.41, 5.74) is -0.723. The molecule has 0 aliphatic rings. The third-order valence-corrected chi connectivity index (χ3v) is 7.52. The maximum Gasteiger partial charge on any atom is 0.416 e. The Morgan fingerprint density at radius 2 is 1.69 bits per heavy atom. The van der Waals surface area contributed by atoms with E-state index in [1.165, 1.54) is 26.3 Å². The Labute approximate surface area is 206 Å². The number of anilines is 1. The molecule has 3 aromatic rings. The number of rotatable bonds is 8. The molecule has 1 N–H and O–H groups in total. The molecule has 0 bridgehead atoms. The highest BCUT2D eigenvalue weighted by molar-refractivity contribution is 7.89. The third kappa shape index (κ3) is 6.33. The molecule has 186 valence electrons. The minimum Gasteiger partial charge on any atom is -0.497 e. The number of ether oxygens (including phenoxy) is 1. The van der Waals surface area contributed by atoms with Gasteiger partial charge in [-0.1, -0.05) is 41.9 Å². The molecule has 6 nitrogen and oxygen atoms in total. The van der Waals surface area contributed by atoms with E-state index in [-0.39, 0.29) is 22.0 Å². The van der Waals surface area contributed by atoms with E-state index in [0.717, 1.165) is 22.5 Å². The van der Waals surface area contributed by atoms with Crippen LogP contribution in [0.3, 0.4) is 0 Å². The minimum absolute atomic E-state index is 0.0299. The predicted octanol–water partition coefficient (Wildman–Crippen LogP) is 5.76. The molecule has 0 saturated carbocycles. The molecule has 1 amide bonds. The summed E-state index contributed by atoms with van der Waals surface area (Å²) in [6.07, 6.45) is -5.01. The Balaban J connectivity index is 1.93. The lowest BCUT2D eigenvalue weighted by Gasteiger charge is -2.28. The zero-order valence-corrected chi connectivity index (χ0v) is 20.3. The Bertz CT molecular complexity index is 1280. The van der Waals surface area contributed by atoms with E-state index in [4.69, 9.17) is 16.3 Å². The van der Waals surface area contributed by atoms with Crippen LogP contribution in [0.5, 0.6) is 5.75 Å². The molecule has 35 heavy (non-hydrogen) atoms. The van der Waals surface area contributed by atoms with Gasteiger partial charge in [0.15, 0.2) is 0 Å². The largest absolute Gasteiger partial charge is 0.497 e. The van der Waals surface area contributed by atoms with E-state index >= 15 is 0 Å². The van der Waals surface area contributed by atoms with Crippen LogP contribution in [0.2, 0.25) is 5.02 Å². The average Bonchev–Trinajstić information content (AvgIpc) is 2.83. The number of methoxy groups -OCH3 is 1. The van der Waals surface area contributed by atoms with Crippen molar-refractivity contribution in [3.8, 4) is 5.75 Å². The molecular weight excluding hydrogens is 505 g/mol. The summed E-state index contributed by atoms with van der Waals surface area (Å²) >= 11 is 5.99. The molecule has 0 spiro atoms. The number of benzene rings is 3. The molecular formula is C24H22ClF3N2O4S. The molecule has 0 saturated heterocycles. The standard InChI is InChI=1S/C24H22ClF3N2O4S/c1-30(35(32,33)19-6-4-3-5-7-19)22(16-8-11-18(34-2)12-9-16)15-23(31)29-21-14-17(24(26,27)28)10-13-20(21)25/h3-14,22H,15H2,1-2H3,(H,29,31)/t22-/m0/s1. The first kappa shape index (κ1) is 26.5. The molecule has 0 aliphatic carbocycles. The number of hydrogen-bond acceptors (Lipinski definition) is 4. The summed E-state index contributed by atoms with van der Waals surface area (Å²) in [6, 6.07) is 15.7. The van der Waals surface area contributed by atoms with Crippen molar-refractivity contribution in [2.75, 3.05) is 19.5 Å². The summed E-state index contributed by atoms with van der Waals surface area (Å²) in [6.45, 7) is 0. The van der Waals surface area contributed by atoms with Gasteiger partial charge >= 0.3 is 6.18 Å². The molecule has 0 heterocycles. The Morgan fingerprint density at radius 1 is 1.06 bits per heavy atom. The first-order valence-electron chi connectivity index (χ1n) is 10.3. The summed E-state index contributed by atoms with van der Waals surface area (Å²) in [7, 11) is -1.20. The normalized spacial score (nSPS) is 12.9. The molecule has 0 fully saturated rings. The molecule has 0 radical (unpaired) electrons. The van der Waals surface area contributed by atoms with Crippen molar-refractivity contribution in [3.63, 3.8) is 0 Å². The second kappa shape index (κ2) is 10.7. The van der Waals surface area contributed by atoms with Crippen LogP contribution >= 0.6 is 11.6 Å².